The van der Waals surface area contributed by atoms with Gasteiger partial charge in [-0.15, -0.1) is 0 Å². The minimum atomic E-state index is -0.452. The molecule has 1 saturated heterocycles. The molecule has 0 N–H and O–H groups in total. The average Bonchev–Trinajstić information content (AvgIpc) is 2.77. The van der Waals surface area contributed by atoms with Gasteiger partial charge < -0.3 is 9.80 Å². The number of likely N-dealkylation sites (tertiary alicyclic amines) is 1. The smallest absolute Gasteiger partial charge is 0.269 e. The third-order valence-corrected chi connectivity index (χ3v) is 5.71. The molecule has 1 aliphatic rings. The molecule has 0 aromatic heterocycles. The van der Waals surface area contributed by atoms with Crippen molar-refractivity contribution >= 4 is 17.5 Å². The Morgan fingerprint density at radius 2 is 1.80 bits per heavy atom. The Kier molecular flexibility index (Phi) is 6.44. The fourth-order valence-corrected chi connectivity index (χ4v) is 3.71. The lowest BCUT2D eigenvalue weighted by atomic mass is 9.93. The molecule has 2 aromatic rings. The number of non-ortho nitro benzene ring substituents is 1. The maximum absolute atomic E-state index is 13.1. The van der Waals surface area contributed by atoms with Crippen LogP contribution >= 0.6 is 0 Å². The number of rotatable bonds is 5. The quantitative estimate of drug-likeness (QED) is 0.551. The normalized spacial score (nSPS) is 15.5. The molecular formula is C22H24FN3O4. The molecule has 0 spiro atoms. The Hall–Kier alpha value is -3.29. The highest BCUT2D eigenvalue weighted by molar-refractivity contribution is 5.94. The molecule has 1 unspecified atom stereocenters. The summed E-state index contributed by atoms with van der Waals surface area (Å²) >= 11 is 0. The van der Waals surface area contributed by atoms with Crippen LogP contribution in [-0.4, -0.2) is 46.7 Å². The van der Waals surface area contributed by atoms with E-state index in [4.69, 9.17) is 0 Å². The summed E-state index contributed by atoms with van der Waals surface area (Å²) in [6.45, 7) is 2.74. The number of carbonyl (C=O) groups is 2. The number of hydrogen-bond donors (Lipinski definition) is 0. The van der Waals surface area contributed by atoms with Gasteiger partial charge in [0.05, 0.1) is 11.0 Å². The fraction of sp³-hybridized carbons (Fsp3) is 0.364. The first-order valence-electron chi connectivity index (χ1n) is 9.83. The Balaban J connectivity index is 1.60. The number of nitro benzene ring substituents is 1. The van der Waals surface area contributed by atoms with Crippen LogP contribution in [0, 0.1) is 21.8 Å². The van der Waals surface area contributed by atoms with Crippen molar-refractivity contribution in [1.82, 2.24) is 9.80 Å². The van der Waals surface area contributed by atoms with Gasteiger partial charge in [-0.1, -0.05) is 12.1 Å². The first-order chi connectivity index (χ1) is 14.3. The summed E-state index contributed by atoms with van der Waals surface area (Å²) in [6, 6.07) is 11.4. The maximum Gasteiger partial charge on any atom is 0.269 e. The summed E-state index contributed by atoms with van der Waals surface area (Å²) in [4.78, 5) is 39.4. The van der Waals surface area contributed by atoms with Crippen molar-refractivity contribution in [3.63, 3.8) is 0 Å². The van der Waals surface area contributed by atoms with Crippen molar-refractivity contribution in [3.05, 3.63) is 75.6 Å². The maximum atomic E-state index is 13.1. The lowest BCUT2D eigenvalue weighted by Gasteiger charge is -2.35. The van der Waals surface area contributed by atoms with E-state index >= 15 is 0 Å². The van der Waals surface area contributed by atoms with Crippen molar-refractivity contribution in [2.45, 2.75) is 25.8 Å². The zero-order valence-electron chi connectivity index (χ0n) is 17.0. The number of nitrogens with zero attached hydrogens (tertiary/aromatic N) is 3. The highest BCUT2D eigenvalue weighted by Crippen LogP contribution is 2.27. The first-order valence-corrected chi connectivity index (χ1v) is 9.83. The highest BCUT2D eigenvalue weighted by atomic mass is 19.1. The standard InChI is InChI=1S/C22H24FN3O4/c1-15(18-4-3-5-20(14-18)26(29)30)24(2)21(27)17-10-12-25(13-11-17)22(28)16-6-8-19(23)9-7-16/h3-9,14-15,17H,10-13H2,1-2H3. The van der Waals surface area contributed by atoms with Crippen molar-refractivity contribution in [2.24, 2.45) is 5.92 Å². The lowest BCUT2D eigenvalue weighted by molar-refractivity contribution is -0.384. The molecule has 1 fully saturated rings. The van der Waals surface area contributed by atoms with Crippen molar-refractivity contribution in [2.75, 3.05) is 20.1 Å². The molecule has 0 saturated carbocycles. The van der Waals surface area contributed by atoms with Crippen LogP contribution < -0.4 is 0 Å². The van der Waals surface area contributed by atoms with Crippen LogP contribution in [0.15, 0.2) is 48.5 Å². The molecule has 1 atom stereocenters. The van der Waals surface area contributed by atoms with E-state index in [1.807, 2.05) is 6.92 Å². The molecule has 0 bridgehead atoms. The number of carbonyl (C=O) groups excluding carboxylic acids is 2. The van der Waals surface area contributed by atoms with Gasteiger partial charge >= 0.3 is 0 Å². The number of benzene rings is 2. The second kappa shape index (κ2) is 9.02. The third kappa shape index (κ3) is 4.64. The van der Waals surface area contributed by atoms with Gasteiger partial charge in [-0.3, -0.25) is 19.7 Å². The molecular weight excluding hydrogens is 389 g/mol. The number of hydrogen-bond acceptors (Lipinski definition) is 4. The summed E-state index contributed by atoms with van der Waals surface area (Å²) in [6.07, 6.45) is 1.08. The van der Waals surface area contributed by atoms with E-state index in [0.717, 1.165) is 0 Å². The summed E-state index contributed by atoms with van der Waals surface area (Å²) < 4.78 is 13.1. The van der Waals surface area contributed by atoms with E-state index in [2.05, 4.69) is 0 Å². The zero-order valence-corrected chi connectivity index (χ0v) is 17.0. The predicted molar refractivity (Wildman–Crippen MR) is 109 cm³/mol. The molecule has 0 aliphatic carbocycles. The summed E-state index contributed by atoms with van der Waals surface area (Å²) in [7, 11) is 1.70. The van der Waals surface area contributed by atoms with Gasteiger partial charge in [-0.2, -0.15) is 0 Å². The highest BCUT2D eigenvalue weighted by Gasteiger charge is 2.31. The fourth-order valence-electron chi connectivity index (χ4n) is 3.71. The molecule has 8 heteroatoms. The van der Waals surface area contributed by atoms with Crippen LogP contribution in [-0.2, 0) is 4.79 Å². The van der Waals surface area contributed by atoms with Gasteiger partial charge in [-0.05, 0) is 49.6 Å². The molecule has 30 heavy (non-hydrogen) atoms. The monoisotopic (exact) mass is 413 g/mol. The Morgan fingerprint density at radius 1 is 1.17 bits per heavy atom. The van der Waals surface area contributed by atoms with Gasteiger partial charge in [-0.25, -0.2) is 4.39 Å². The Morgan fingerprint density at radius 3 is 2.40 bits per heavy atom. The minimum absolute atomic E-state index is 0.00665. The van der Waals surface area contributed by atoms with Crippen molar-refractivity contribution in [1.29, 1.82) is 0 Å². The third-order valence-electron chi connectivity index (χ3n) is 5.71. The van der Waals surface area contributed by atoms with Gasteiger partial charge in [0.25, 0.3) is 11.6 Å². The zero-order chi connectivity index (χ0) is 21.8. The molecule has 7 nitrogen and oxygen atoms in total. The minimum Gasteiger partial charge on any atom is -0.339 e. The van der Waals surface area contributed by atoms with Gasteiger partial charge in [0.2, 0.25) is 5.91 Å². The van der Waals surface area contributed by atoms with E-state index in [-0.39, 0.29) is 29.5 Å². The van der Waals surface area contributed by atoms with E-state index in [1.54, 1.807) is 29.0 Å². The largest absolute Gasteiger partial charge is 0.339 e. The summed E-state index contributed by atoms with van der Waals surface area (Å²) in [5.41, 5.74) is 1.12. The van der Waals surface area contributed by atoms with E-state index in [0.29, 0.717) is 37.1 Å². The van der Waals surface area contributed by atoms with Crippen molar-refractivity contribution < 1.29 is 18.9 Å². The van der Waals surface area contributed by atoms with Crippen LogP contribution in [0.4, 0.5) is 10.1 Å². The Bertz CT molecular complexity index is 940. The summed E-state index contributed by atoms with van der Waals surface area (Å²) in [5.74, 6) is -0.813. The second-order valence-corrected chi connectivity index (χ2v) is 7.55. The molecule has 158 valence electrons. The van der Waals surface area contributed by atoms with Gasteiger partial charge in [0.1, 0.15) is 5.82 Å². The van der Waals surface area contributed by atoms with Crippen LogP contribution in [0.2, 0.25) is 0 Å². The number of amides is 2. The molecule has 2 aromatic carbocycles. The van der Waals surface area contributed by atoms with E-state index in [1.165, 1.54) is 36.4 Å². The van der Waals surface area contributed by atoms with Gasteiger partial charge in [0.15, 0.2) is 0 Å². The number of nitro groups is 1. The molecule has 0 radical (unpaired) electrons. The van der Waals surface area contributed by atoms with Gasteiger partial charge in [0, 0.05) is 43.8 Å². The molecule has 2 amide bonds. The predicted octanol–water partition coefficient (Wildman–Crippen LogP) is 3.81. The SMILES string of the molecule is CC(c1cccc([N+](=O)[O-])c1)N(C)C(=O)C1CCN(C(=O)c2ccc(F)cc2)CC1. The van der Waals surface area contributed by atoms with E-state index in [9.17, 15) is 24.1 Å². The van der Waals surface area contributed by atoms with Crippen LogP contribution in [0.25, 0.3) is 0 Å². The lowest BCUT2D eigenvalue weighted by Crippen LogP contribution is -2.44. The Labute approximate surface area is 174 Å². The molecule has 1 aliphatic heterocycles. The molecule has 1 heterocycles. The van der Waals surface area contributed by atoms with E-state index < -0.39 is 10.7 Å². The number of piperidine rings is 1. The average molecular weight is 413 g/mol. The number of halogens is 1. The topological polar surface area (TPSA) is 83.8 Å². The first kappa shape index (κ1) is 21.4. The van der Waals surface area contributed by atoms with Crippen molar-refractivity contribution in [3.8, 4) is 0 Å². The second-order valence-electron chi connectivity index (χ2n) is 7.55. The van der Waals surface area contributed by atoms with Crippen LogP contribution in [0.3, 0.4) is 0 Å². The van der Waals surface area contributed by atoms with Crippen LogP contribution in [0.5, 0.6) is 0 Å². The molecule has 3 rings (SSSR count). The van der Waals surface area contributed by atoms with Crippen LogP contribution in [0.1, 0.15) is 41.7 Å². The summed E-state index contributed by atoms with van der Waals surface area (Å²) in [5, 5.41) is 11.0.